The fraction of sp³-hybridized carbons (Fsp3) is 0.667. The van der Waals surface area contributed by atoms with Crippen LogP contribution in [0.15, 0.2) is 6.07 Å². The predicted molar refractivity (Wildman–Crippen MR) is 80.8 cm³/mol. The van der Waals surface area contributed by atoms with Crippen LogP contribution in [0.1, 0.15) is 45.7 Å². The summed E-state index contributed by atoms with van der Waals surface area (Å²) in [4.78, 5) is 26.1. The zero-order valence-electron chi connectivity index (χ0n) is 13.0. The first kappa shape index (κ1) is 15.5. The molecule has 1 fully saturated rings. The highest BCUT2D eigenvalue weighted by Crippen LogP contribution is 2.20. The van der Waals surface area contributed by atoms with E-state index < -0.39 is 6.04 Å². The molecule has 1 aromatic heterocycles. The van der Waals surface area contributed by atoms with Gasteiger partial charge in [0.1, 0.15) is 6.04 Å². The molecule has 2 rings (SSSR count). The van der Waals surface area contributed by atoms with E-state index in [1.807, 2.05) is 19.9 Å². The third-order valence-corrected chi connectivity index (χ3v) is 3.75. The van der Waals surface area contributed by atoms with Crippen LogP contribution in [0.5, 0.6) is 0 Å². The molecule has 6 heteroatoms. The predicted octanol–water partition coefficient (Wildman–Crippen LogP) is 1.95. The summed E-state index contributed by atoms with van der Waals surface area (Å²) in [5.41, 5.74) is 1.01. The molecular formula is C15H24N4O2. The molecule has 1 atom stereocenters. The fourth-order valence-electron chi connectivity index (χ4n) is 2.79. The van der Waals surface area contributed by atoms with Gasteiger partial charge in [-0.25, -0.2) is 0 Å². The topological polar surface area (TPSA) is 78.1 Å². The maximum atomic E-state index is 12.5. The molecule has 21 heavy (non-hydrogen) atoms. The molecule has 116 valence electrons. The van der Waals surface area contributed by atoms with E-state index in [-0.39, 0.29) is 17.7 Å². The molecule has 0 unspecified atom stereocenters. The van der Waals surface area contributed by atoms with Crippen molar-refractivity contribution in [2.24, 2.45) is 5.92 Å². The van der Waals surface area contributed by atoms with E-state index >= 15 is 0 Å². The van der Waals surface area contributed by atoms with E-state index in [1.54, 1.807) is 4.90 Å². The van der Waals surface area contributed by atoms with Gasteiger partial charge in [-0.3, -0.25) is 14.7 Å². The van der Waals surface area contributed by atoms with Gasteiger partial charge in [-0.2, -0.15) is 5.10 Å². The minimum absolute atomic E-state index is 0.0672. The number of aromatic amines is 1. The first-order valence-corrected chi connectivity index (χ1v) is 7.67. The van der Waals surface area contributed by atoms with Crippen LogP contribution in [-0.2, 0) is 16.0 Å². The van der Waals surface area contributed by atoms with Crippen LogP contribution >= 0.6 is 0 Å². The van der Waals surface area contributed by atoms with Gasteiger partial charge in [0.2, 0.25) is 11.8 Å². The second-order valence-electron chi connectivity index (χ2n) is 5.90. The van der Waals surface area contributed by atoms with Crippen LogP contribution in [0.3, 0.4) is 0 Å². The van der Waals surface area contributed by atoms with Crippen LogP contribution in [0.25, 0.3) is 0 Å². The van der Waals surface area contributed by atoms with Crippen molar-refractivity contribution in [3.63, 3.8) is 0 Å². The van der Waals surface area contributed by atoms with Gasteiger partial charge in [0.05, 0.1) is 0 Å². The molecule has 0 bridgehead atoms. The summed E-state index contributed by atoms with van der Waals surface area (Å²) >= 11 is 0. The monoisotopic (exact) mass is 292 g/mol. The molecule has 1 aliphatic heterocycles. The molecular weight excluding hydrogens is 268 g/mol. The number of nitrogens with zero attached hydrogens (tertiary/aromatic N) is 2. The number of aryl methyl sites for hydroxylation is 1. The van der Waals surface area contributed by atoms with E-state index in [0.29, 0.717) is 18.8 Å². The Morgan fingerprint density at radius 2 is 2.29 bits per heavy atom. The Hall–Kier alpha value is -1.85. The minimum atomic E-state index is -0.425. The molecule has 2 amide bonds. The minimum Gasteiger partial charge on any atom is -0.330 e. The number of hydrogen-bond donors (Lipinski definition) is 2. The smallest absolute Gasteiger partial charge is 0.248 e. The summed E-state index contributed by atoms with van der Waals surface area (Å²) < 4.78 is 0. The standard InChI is InChI=1S/C15H24N4O2/c1-4-6-11-9-12(18-17-11)16-15(21)14(10(2)3)19-8-5-7-13(19)20/h9-10,14H,4-8H2,1-3H3,(H2,16,17,18,21)/t14-/m1/s1. The molecule has 2 heterocycles. The third-order valence-electron chi connectivity index (χ3n) is 3.75. The summed E-state index contributed by atoms with van der Waals surface area (Å²) in [6.07, 6.45) is 3.30. The van der Waals surface area contributed by atoms with Gasteiger partial charge in [0, 0.05) is 24.7 Å². The van der Waals surface area contributed by atoms with Crippen LogP contribution in [0.4, 0.5) is 5.82 Å². The summed E-state index contributed by atoms with van der Waals surface area (Å²) in [7, 11) is 0. The van der Waals surface area contributed by atoms with Crippen molar-refractivity contribution >= 4 is 17.6 Å². The van der Waals surface area contributed by atoms with Gasteiger partial charge < -0.3 is 10.2 Å². The molecule has 0 radical (unpaired) electrons. The lowest BCUT2D eigenvalue weighted by molar-refractivity contribution is -0.136. The lowest BCUT2D eigenvalue weighted by Gasteiger charge is -2.29. The normalized spacial score (nSPS) is 16.6. The number of hydrogen-bond acceptors (Lipinski definition) is 3. The number of likely N-dealkylation sites (tertiary alicyclic amines) is 1. The SMILES string of the molecule is CCCc1cc(NC(=O)[C@@H](C(C)C)N2CCCC2=O)n[nH]1. The van der Waals surface area contributed by atoms with Gasteiger partial charge in [0.15, 0.2) is 5.82 Å². The van der Waals surface area contributed by atoms with Crippen molar-refractivity contribution < 1.29 is 9.59 Å². The highest BCUT2D eigenvalue weighted by Gasteiger charge is 2.35. The van der Waals surface area contributed by atoms with Crippen molar-refractivity contribution in [1.82, 2.24) is 15.1 Å². The maximum absolute atomic E-state index is 12.5. The number of carbonyl (C=O) groups excluding carboxylic acids is 2. The molecule has 1 saturated heterocycles. The van der Waals surface area contributed by atoms with Gasteiger partial charge in [0.25, 0.3) is 0 Å². The van der Waals surface area contributed by atoms with Crippen molar-refractivity contribution in [2.75, 3.05) is 11.9 Å². The van der Waals surface area contributed by atoms with Crippen molar-refractivity contribution in [3.05, 3.63) is 11.8 Å². The summed E-state index contributed by atoms with van der Waals surface area (Å²) in [6, 6.07) is 1.43. The summed E-state index contributed by atoms with van der Waals surface area (Å²) in [5.74, 6) is 0.509. The van der Waals surface area contributed by atoms with E-state index in [1.165, 1.54) is 0 Å². The van der Waals surface area contributed by atoms with Crippen LogP contribution in [0.2, 0.25) is 0 Å². The van der Waals surface area contributed by atoms with Crippen LogP contribution in [-0.4, -0.2) is 39.5 Å². The molecule has 1 aromatic rings. The summed E-state index contributed by atoms with van der Waals surface area (Å²) in [5, 5.41) is 9.84. The Balaban J connectivity index is 2.06. The second kappa shape index (κ2) is 6.74. The van der Waals surface area contributed by atoms with Crippen LogP contribution in [0, 0.1) is 5.92 Å². The van der Waals surface area contributed by atoms with E-state index in [4.69, 9.17) is 0 Å². The Morgan fingerprint density at radius 3 is 2.86 bits per heavy atom. The van der Waals surface area contributed by atoms with Crippen LogP contribution < -0.4 is 5.32 Å². The second-order valence-corrected chi connectivity index (χ2v) is 5.90. The molecule has 0 aromatic carbocycles. The molecule has 0 aliphatic carbocycles. The average molecular weight is 292 g/mol. The highest BCUT2D eigenvalue weighted by molar-refractivity contribution is 5.97. The van der Waals surface area contributed by atoms with Gasteiger partial charge in [-0.05, 0) is 18.8 Å². The summed E-state index contributed by atoms with van der Waals surface area (Å²) in [6.45, 7) is 6.68. The molecule has 6 nitrogen and oxygen atoms in total. The van der Waals surface area contributed by atoms with E-state index in [2.05, 4.69) is 22.4 Å². The Bertz CT molecular complexity index is 510. The number of aromatic nitrogens is 2. The average Bonchev–Trinajstić information content (AvgIpc) is 3.00. The highest BCUT2D eigenvalue weighted by atomic mass is 16.2. The molecule has 2 N–H and O–H groups in total. The third kappa shape index (κ3) is 3.62. The number of carbonyl (C=O) groups is 2. The zero-order valence-corrected chi connectivity index (χ0v) is 13.0. The molecule has 0 spiro atoms. The Labute approximate surface area is 125 Å². The number of anilines is 1. The van der Waals surface area contributed by atoms with Gasteiger partial charge >= 0.3 is 0 Å². The largest absolute Gasteiger partial charge is 0.330 e. The quantitative estimate of drug-likeness (QED) is 0.841. The first-order valence-electron chi connectivity index (χ1n) is 7.67. The number of H-pyrrole nitrogens is 1. The Morgan fingerprint density at radius 1 is 1.52 bits per heavy atom. The number of amides is 2. The van der Waals surface area contributed by atoms with Crippen molar-refractivity contribution in [3.8, 4) is 0 Å². The number of rotatable bonds is 6. The Kier molecular flexibility index (Phi) is 4.98. The van der Waals surface area contributed by atoms with Gasteiger partial charge in [-0.15, -0.1) is 0 Å². The lowest BCUT2D eigenvalue weighted by atomic mass is 10.0. The maximum Gasteiger partial charge on any atom is 0.248 e. The zero-order chi connectivity index (χ0) is 15.4. The van der Waals surface area contributed by atoms with E-state index in [9.17, 15) is 9.59 Å². The first-order chi connectivity index (χ1) is 10.0. The van der Waals surface area contributed by atoms with Gasteiger partial charge in [-0.1, -0.05) is 27.2 Å². The van der Waals surface area contributed by atoms with Crippen molar-refractivity contribution in [1.29, 1.82) is 0 Å². The number of nitrogens with one attached hydrogen (secondary N) is 2. The molecule has 0 saturated carbocycles. The molecule has 1 aliphatic rings. The fourth-order valence-corrected chi connectivity index (χ4v) is 2.79. The lowest BCUT2D eigenvalue weighted by Crippen LogP contribution is -2.48. The van der Waals surface area contributed by atoms with E-state index in [0.717, 1.165) is 25.0 Å². The van der Waals surface area contributed by atoms with Crippen molar-refractivity contribution in [2.45, 2.75) is 52.5 Å².